The van der Waals surface area contributed by atoms with Gasteiger partial charge in [0.05, 0.1) is 13.5 Å². The molecule has 3 rings (SSSR count). The summed E-state index contributed by atoms with van der Waals surface area (Å²) in [6.45, 7) is 5.07. The Hall–Kier alpha value is -2.82. The first-order valence-corrected chi connectivity index (χ1v) is 9.82. The van der Waals surface area contributed by atoms with Crippen LogP contribution in [0.25, 0.3) is 0 Å². The third kappa shape index (κ3) is 4.91. The number of hydrogen-bond acceptors (Lipinski definition) is 3. The molecule has 1 N–H and O–H groups in total. The quantitative estimate of drug-likeness (QED) is 0.783. The van der Waals surface area contributed by atoms with Gasteiger partial charge < -0.3 is 15.0 Å². The smallest absolute Gasteiger partial charge is 0.228 e. The molecule has 0 fully saturated rings. The van der Waals surface area contributed by atoms with Crippen molar-refractivity contribution in [2.24, 2.45) is 5.92 Å². The predicted octanol–water partition coefficient (Wildman–Crippen LogP) is 4.20. The molecule has 1 heterocycles. The summed E-state index contributed by atoms with van der Waals surface area (Å²) in [7, 11) is 1.62. The third-order valence-electron chi connectivity index (χ3n) is 5.02. The Morgan fingerprint density at radius 2 is 1.89 bits per heavy atom. The van der Waals surface area contributed by atoms with E-state index in [4.69, 9.17) is 4.74 Å². The second kappa shape index (κ2) is 8.91. The molecule has 148 valence electrons. The summed E-state index contributed by atoms with van der Waals surface area (Å²) in [6.07, 6.45) is 2.52. The van der Waals surface area contributed by atoms with Gasteiger partial charge in [-0.25, -0.2) is 0 Å². The molecule has 0 unspecified atom stereocenters. The number of methoxy groups -OCH3 is 1. The highest BCUT2D eigenvalue weighted by molar-refractivity contribution is 5.98. The number of nitrogens with zero attached hydrogens (tertiary/aromatic N) is 1. The number of ether oxygens (including phenoxy) is 1. The fraction of sp³-hybridized carbons (Fsp3) is 0.391. The van der Waals surface area contributed by atoms with Crippen LogP contribution in [0.3, 0.4) is 0 Å². The monoisotopic (exact) mass is 380 g/mol. The number of carbonyl (C=O) groups excluding carboxylic acids is 2. The van der Waals surface area contributed by atoms with Crippen LogP contribution in [0.1, 0.15) is 37.8 Å². The average molecular weight is 380 g/mol. The molecular formula is C23H28N2O3. The SMILES string of the molecule is COc1ccc(CC(=O)Nc2ccc3c(c2)CCC(=O)N3CCC(C)C)cc1. The van der Waals surface area contributed by atoms with Gasteiger partial charge in [-0.2, -0.15) is 0 Å². The van der Waals surface area contributed by atoms with Gasteiger partial charge >= 0.3 is 0 Å². The fourth-order valence-corrected chi connectivity index (χ4v) is 3.40. The summed E-state index contributed by atoms with van der Waals surface area (Å²) in [5.41, 5.74) is 3.80. The van der Waals surface area contributed by atoms with E-state index in [1.165, 1.54) is 0 Å². The van der Waals surface area contributed by atoms with Crippen LogP contribution >= 0.6 is 0 Å². The minimum absolute atomic E-state index is 0.0614. The van der Waals surface area contributed by atoms with Gasteiger partial charge in [0.15, 0.2) is 0 Å². The number of amides is 2. The largest absolute Gasteiger partial charge is 0.497 e. The zero-order valence-corrected chi connectivity index (χ0v) is 16.8. The van der Waals surface area contributed by atoms with E-state index in [0.29, 0.717) is 25.2 Å². The lowest BCUT2D eigenvalue weighted by molar-refractivity contribution is -0.119. The highest BCUT2D eigenvalue weighted by Crippen LogP contribution is 2.31. The second-order valence-electron chi connectivity index (χ2n) is 7.64. The lowest BCUT2D eigenvalue weighted by Gasteiger charge is -2.30. The Balaban J connectivity index is 1.67. The van der Waals surface area contributed by atoms with Gasteiger partial charge in [0.25, 0.3) is 0 Å². The van der Waals surface area contributed by atoms with Crippen LogP contribution in [-0.4, -0.2) is 25.5 Å². The van der Waals surface area contributed by atoms with E-state index in [0.717, 1.165) is 41.2 Å². The Bertz CT molecular complexity index is 843. The molecule has 0 saturated heterocycles. The molecule has 0 spiro atoms. The minimum atomic E-state index is -0.0614. The van der Waals surface area contributed by atoms with Crippen molar-refractivity contribution in [3.05, 3.63) is 53.6 Å². The molecule has 2 amide bonds. The first-order chi connectivity index (χ1) is 13.5. The highest BCUT2D eigenvalue weighted by atomic mass is 16.5. The van der Waals surface area contributed by atoms with Crippen LogP contribution in [0.2, 0.25) is 0 Å². The molecule has 2 aromatic rings. The normalized spacial score (nSPS) is 13.4. The molecule has 5 nitrogen and oxygen atoms in total. The molecule has 1 aliphatic rings. The number of hydrogen-bond donors (Lipinski definition) is 1. The number of fused-ring (bicyclic) bond motifs is 1. The number of nitrogens with one attached hydrogen (secondary N) is 1. The molecule has 0 aromatic heterocycles. The number of rotatable bonds is 7. The van der Waals surface area contributed by atoms with E-state index < -0.39 is 0 Å². The Morgan fingerprint density at radius 1 is 1.14 bits per heavy atom. The van der Waals surface area contributed by atoms with E-state index in [-0.39, 0.29) is 11.8 Å². The van der Waals surface area contributed by atoms with Gasteiger partial charge in [0.1, 0.15) is 5.75 Å². The maximum atomic E-state index is 12.4. The second-order valence-corrected chi connectivity index (χ2v) is 7.64. The summed E-state index contributed by atoms with van der Waals surface area (Å²) in [5.74, 6) is 1.45. The maximum Gasteiger partial charge on any atom is 0.228 e. The van der Waals surface area contributed by atoms with E-state index in [1.807, 2.05) is 47.4 Å². The standard InChI is InChI=1S/C23H28N2O3/c1-16(2)12-13-25-21-10-7-19(15-18(21)6-11-23(25)27)24-22(26)14-17-4-8-20(28-3)9-5-17/h4-5,7-10,15-16H,6,11-14H2,1-3H3,(H,24,26). The van der Waals surface area contributed by atoms with E-state index in [9.17, 15) is 9.59 Å². The summed E-state index contributed by atoms with van der Waals surface area (Å²) < 4.78 is 5.14. The van der Waals surface area contributed by atoms with Crippen LogP contribution in [-0.2, 0) is 22.4 Å². The molecule has 28 heavy (non-hydrogen) atoms. The van der Waals surface area contributed by atoms with Crippen molar-refractivity contribution < 1.29 is 14.3 Å². The summed E-state index contributed by atoms with van der Waals surface area (Å²) in [6, 6.07) is 13.3. The van der Waals surface area contributed by atoms with Crippen molar-refractivity contribution in [1.29, 1.82) is 0 Å². The van der Waals surface area contributed by atoms with Gasteiger partial charge in [-0.15, -0.1) is 0 Å². The number of anilines is 2. The molecule has 0 atom stereocenters. The van der Waals surface area contributed by atoms with Crippen LogP contribution in [0, 0.1) is 5.92 Å². The molecule has 5 heteroatoms. The summed E-state index contributed by atoms with van der Waals surface area (Å²) in [4.78, 5) is 26.6. The topological polar surface area (TPSA) is 58.6 Å². The minimum Gasteiger partial charge on any atom is -0.497 e. The van der Waals surface area contributed by atoms with Gasteiger partial charge in [-0.1, -0.05) is 26.0 Å². The molecule has 0 aliphatic carbocycles. The number of benzene rings is 2. The third-order valence-corrected chi connectivity index (χ3v) is 5.02. The van der Waals surface area contributed by atoms with Crippen molar-refractivity contribution in [2.75, 3.05) is 23.9 Å². The molecule has 2 aromatic carbocycles. The average Bonchev–Trinajstić information content (AvgIpc) is 2.67. The van der Waals surface area contributed by atoms with Gasteiger partial charge in [0.2, 0.25) is 11.8 Å². The molecular weight excluding hydrogens is 352 g/mol. The predicted molar refractivity (Wildman–Crippen MR) is 112 cm³/mol. The van der Waals surface area contributed by atoms with Crippen molar-refractivity contribution in [3.8, 4) is 5.75 Å². The Kier molecular flexibility index (Phi) is 6.34. The van der Waals surface area contributed by atoms with Crippen LogP contribution in [0.15, 0.2) is 42.5 Å². The first kappa shape index (κ1) is 19.9. The zero-order valence-electron chi connectivity index (χ0n) is 16.8. The van der Waals surface area contributed by atoms with Gasteiger partial charge in [-0.05, 0) is 60.2 Å². The van der Waals surface area contributed by atoms with Gasteiger partial charge in [0, 0.05) is 24.3 Å². The van der Waals surface area contributed by atoms with E-state index >= 15 is 0 Å². The zero-order chi connectivity index (χ0) is 20.1. The lowest BCUT2D eigenvalue weighted by atomic mass is 9.99. The molecule has 0 bridgehead atoms. The maximum absolute atomic E-state index is 12.4. The number of aryl methyl sites for hydroxylation is 1. The fourth-order valence-electron chi connectivity index (χ4n) is 3.40. The van der Waals surface area contributed by atoms with Crippen molar-refractivity contribution in [2.45, 2.75) is 39.5 Å². The van der Waals surface area contributed by atoms with Crippen LogP contribution < -0.4 is 15.0 Å². The lowest BCUT2D eigenvalue weighted by Crippen LogP contribution is -2.36. The molecule has 1 aliphatic heterocycles. The van der Waals surface area contributed by atoms with Crippen LogP contribution in [0.5, 0.6) is 5.75 Å². The Morgan fingerprint density at radius 3 is 2.57 bits per heavy atom. The van der Waals surface area contributed by atoms with Crippen molar-refractivity contribution in [3.63, 3.8) is 0 Å². The summed E-state index contributed by atoms with van der Waals surface area (Å²) >= 11 is 0. The summed E-state index contributed by atoms with van der Waals surface area (Å²) in [5, 5.41) is 2.97. The van der Waals surface area contributed by atoms with Crippen LogP contribution in [0.4, 0.5) is 11.4 Å². The van der Waals surface area contributed by atoms with E-state index in [2.05, 4.69) is 19.2 Å². The molecule has 0 radical (unpaired) electrons. The number of carbonyl (C=O) groups is 2. The van der Waals surface area contributed by atoms with Gasteiger partial charge in [-0.3, -0.25) is 9.59 Å². The van der Waals surface area contributed by atoms with E-state index in [1.54, 1.807) is 7.11 Å². The Labute approximate surface area is 166 Å². The van der Waals surface area contributed by atoms with Crippen molar-refractivity contribution >= 4 is 23.2 Å². The molecule has 0 saturated carbocycles. The first-order valence-electron chi connectivity index (χ1n) is 9.82. The van der Waals surface area contributed by atoms with Crippen molar-refractivity contribution in [1.82, 2.24) is 0 Å². The highest BCUT2D eigenvalue weighted by Gasteiger charge is 2.24.